The molecule has 6 heteroatoms. The molecule has 3 rings (SSSR count). The summed E-state index contributed by atoms with van der Waals surface area (Å²) in [4.78, 5) is 7.76. The standard InChI is InChI=1S/C15H16Cl2N4/c1-9(2)7-13-10(8-16)14(17)21(20-13)15-18-11-5-3-4-6-12(11)19-15/h3-6,9H,7-8H2,1-2H3,(H,18,19). The molecule has 3 aromatic rings. The van der Waals surface area contributed by atoms with E-state index in [0.29, 0.717) is 22.9 Å². The molecule has 0 saturated carbocycles. The summed E-state index contributed by atoms with van der Waals surface area (Å²) in [6.45, 7) is 4.29. The highest BCUT2D eigenvalue weighted by Crippen LogP contribution is 2.26. The molecule has 0 saturated heterocycles. The molecule has 0 aliphatic carbocycles. The van der Waals surface area contributed by atoms with Gasteiger partial charge in [0.15, 0.2) is 0 Å². The van der Waals surface area contributed by atoms with Crippen LogP contribution in [0.15, 0.2) is 24.3 Å². The lowest BCUT2D eigenvalue weighted by atomic mass is 10.1. The number of alkyl halides is 1. The first-order valence-corrected chi connectivity index (χ1v) is 7.78. The first-order chi connectivity index (χ1) is 10.1. The summed E-state index contributed by atoms with van der Waals surface area (Å²) < 4.78 is 1.64. The third-order valence-corrected chi connectivity index (χ3v) is 3.97. The molecule has 0 bridgehead atoms. The second kappa shape index (κ2) is 5.70. The van der Waals surface area contributed by atoms with Gasteiger partial charge in [-0.2, -0.15) is 9.78 Å². The molecule has 0 aliphatic rings. The van der Waals surface area contributed by atoms with E-state index in [1.165, 1.54) is 0 Å². The summed E-state index contributed by atoms with van der Waals surface area (Å²) >= 11 is 12.5. The zero-order valence-electron chi connectivity index (χ0n) is 11.9. The van der Waals surface area contributed by atoms with Crippen molar-refractivity contribution in [2.75, 3.05) is 0 Å². The van der Waals surface area contributed by atoms with Gasteiger partial charge in [0.1, 0.15) is 5.15 Å². The quantitative estimate of drug-likeness (QED) is 0.726. The van der Waals surface area contributed by atoms with Crippen LogP contribution in [0.1, 0.15) is 25.1 Å². The molecule has 4 nitrogen and oxygen atoms in total. The van der Waals surface area contributed by atoms with Crippen molar-refractivity contribution in [3.8, 4) is 5.95 Å². The predicted octanol–water partition coefficient (Wildman–Crippen LogP) is 4.34. The smallest absolute Gasteiger partial charge is 0.230 e. The van der Waals surface area contributed by atoms with Gasteiger partial charge in [-0.1, -0.05) is 37.6 Å². The summed E-state index contributed by atoms with van der Waals surface area (Å²) in [5.41, 5.74) is 3.66. The maximum Gasteiger partial charge on any atom is 0.230 e. The fourth-order valence-electron chi connectivity index (χ4n) is 2.33. The van der Waals surface area contributed by atoms with Crippen molar-refractivity contribution in [1.29, 1.82) is 0 Å². The zero-order valence-corrected chi connectivity index (χ0v) is 13.4. The number of nitrogens with zero attached hydrogens (tertiary/aromatic N) is 3. The molecule has 0 unspecified atom stereocenters. The Balaban J connectivity index is 2.11. The van der Waals surface area contributed by atoms with Crippen molar-refractivity contribution in [1.82, 2.24) is 19.7 Å². The van der Waals surface area contributed by atoms with E-state index in [0.717, 1.165) is 28.7 Å². The topological polar surface area (TPSA) is 46.5 Å². The van der Waals surface area contributed by atoms with Gasteiger partial charge < -0.3 is 4.98 Å². The highest BCUT2D eigenvalue weighted by molar-refractivity contribution is 6.31. The molecule has 0 amide bonds. The van der Waals surface area contributed by atoms with Crippen molar-refractivity contribution in [3.63, 3.8) is 0 Å². The Bertz CT molecular complexity index is 740. The number of hydrogen-bond acceptors (Lipinski definition) is 2. The van der Waals surface area contributed by atoms with E-state index in [1.54, 1.807) is 4.68 Å². The summed E-state index contributed by atoms with van der Waals surface area (Å²) in [5, 5.41) is 5.12. The lowest BCUT2D eigenvalue weighted by Crippen LogP contribution is -2.01. The third kappa shape index (κ3) is 2.65. The maximum atomic E-state index is 6.43. The van der Waals surface area contributed by atoms with Gasteiger partial charge in [0.25, 0.3) is 0 Å². The number of para-hydroxylation sites is 2. The number of benzene rings is 1. The van der Waals surface area contributed by atoms with Crippen LogP contribution in [0.3, 0.4) is 0 Å². The first-order valence-electron chi connectivity index (χ1n) is 6.87. The average Bonchev–Trinajstić information content (AvgIpc) is 2.99. The van der Waals surface area contributed by atoms with E-state index in [-0.39, 0.29) is 0 Å². The van der Waals surface area contributed by atoms with Crippen molar-refractivity contribution < 1.29 is 0 Å². The van der Waals surface area contributed by atoms with Crippen molar-refractivity contribution in [3.05, 3.63) is 40.7 Å². The summed E-state index contributed by atoms with van der Waals surface area (Å²) in [5.74, 6) is 1.45. The molecular formula is C15H16Cl2N4. The van der Waals surface area contributed by atoms with E-state index in [1.807, 2.05) is 24.3 Å². The van der Waals surface area contributed by atoms with E-state index >= 15 is 0 Å². The molecule has 1 N–H and O–H groups in total. The normalized spacial score (nSPS) is 11.7. The van der Waals surface area contributed by atoms with Crippen molar-refractivity contribution in [2.24, 2.45) is 5.92 Å². The predicted molar refractivity (Wildman–Crippen MR) is 86.3 cm³/mol. The van der Waals surface area contributed by atoms with Gasteiger partial charge in [0.05, 0.1) is 22.6 Å². The van der Waals surface area contributed by atoms with Crippen LogP contribution >= 0.6 is 23.2 Å². The fraction of sp³-hybridized carbons (Fsp3) is 0.333. The lowest BCUT2D eigenvalue weighted by Gasteiger charge is -2.01. The molecule has 1 aromatic carbocycles. The molecule has 0 spiro atoms. The van der Waals surface area contributed by atoms with Crippen molar-refractivity contribution >= 4 is 34.2 Å². The number of nitrogens with one attached hydrogen (secondary N) is 1. The minimum absolute atomic E-state index is 0.348. The minimum atomic E-state index is 0.348. The average molecular weight is 323 g/mol. The zero-order chi connectivity index (χ0) is 15.0. The van der Waals surface area contributed by atoms with Gasteiger partial charge in [-0.25, -0.2) is 4.98 Å². The van der Waals surface area contributed by atoms with Gasteiger partial charge in [-0.15, -0.1) is 11.6 Å². The summed E-state index contributed by atoms with van der Waals surface area (Å²) in [6.07, 6.45) is 0.842. The van der Waals surface area contributed by atoms with Crippen LogP contribution in [0.25, 0.3) is 17.0 Å². The van der Waals surface area contributed by atoms with E-state index in [9.17, 15) is 0 Å². The molecule has 0 fully saturated rings. The van der Waals surface area contributed by atoms with Crippen LogP contribution in [-0.4, -0.2) is 19.7 Å². The highest BCUT2D eigenvalue weighted by Gasteiger charge is 2.19. The Morgan fingerprint density at radius 1 is 1.29 bits per heavy atom. The SMILES string of the molecule is CC(C)Cc1nn(-c2nc3ccccc3[nH]2)c(Cl)c1CCl. The van der Waals surface area contributed by atoms with Crippen LogP contribution in [0, 0.1) is 5.92 Å². The second-order valence-corrected chi connectivity index (χ2v) is 6.06. The number of aromatic amines is 1. The molecular weight excluding hydrogens is 307 g/mol. The second-order valence-electron chi connectivity index (χ2n) is 5.44. The number of rotatable bonds is 4. The molecule has 110 valence electrons. The highest BCUT2D eigenvalue weighted by atomic mass is 35.5. The Kier molecular flexibility index (Phi) is 3.91. The van der Waals surface area contributed by atoms with Gasteiger partial charge >= 0.3 is 0 Å². The Labute approximate surface area is 133 Å². The van der Waals surface area contributed by atoms with Gasteiger partial charge in [-0.3, -0.25) is 0 Å². The van der Waals surface area contributed by atoms with Crippen LogP contribution in [-0.2, 0) is 12.3 Å². The molecule has 0 aliphatic heterocycles. The Hall–Kier alpha value is -1.52. The van der Waals surface area contributed by atoms with Gasteiger partial charge in [0, 0.05) is 5.56 Å². The fourth-order valence-corrected chi connectivity index (χ4v) is 2.98. The Morgan fingerprint density at radius 3 is 2.71 bits per heavy atom. The first kappa shape index (κ1) is 14.4. The number of hydrogen-bond donors (Lipinski definition) is 1. The monoisotopic (exact) mass is 322 g/mol. The Morgan fingerprint density at radius 2 is 2.05 bits per heavy atom. The van der Waals surface area contributed by atoms with Crippen molar-refractivity contribution in [2.45, 2.75) is 26.1 Å². The summed E-state index contributed by atoms with van der Waals surface area (Å²) in [7, 11) is 0. The molecule has 21 heavy (non-hydrogen) atoms. The number of imidazole rings is 1. The van der Waals surface area contributed by atoms with Gasteiger partial charge in [-0.05, 0) is 24.5 Å². The number of fused-ring (bicyclic) bond motifs is 1. The van der Waals surface area contributed by atoms with E-state index in [4.69, 9.17) is 23.2 Å². The minimum Gasteiger partial charge on any atom is -0.322 e. The van der Waals surface area contributed by atoms with Crippen LogP contribution < -0.4 is 0 Å². The lowest BCUT2D eigenvalue weighted by molar-refractivity contribution is 0.624. The largest absolute Gasteiger partial charge is 0.322 e. The van der Waals surface area contributed by atoms with E-state index < -0.39 is 0 Å². The molecule has 2 aromatic heterocycles. The van der Waals surface area contributed by atoms with E-state index in [2.05, 4.69) is 28.9 Å². The number of H-pyrrole nitrogens is 1. The third-order valence-electron chi connectivity index (χ3n) is 3.32. The van der Waals surface area contributed by atoms with Gasteiger partial charge in [0.2, 0.25) is 5.95 Å². The van der Waals surface area contributed by atoms with Crippen LogP contribution in [0.5, 0.6) is 0 Å². The molecule has 2 heterocycles. The number of halogens is 2. The van der Waals surface area contributed by atoms with Crippen LogP contribution in [0.2, 0.25) is 5.15 Å². The molecule has 0 radical (unpaired) electrons. The molecule has 0 atom stereocenters. The summed E-state index contributed by atoms with van der Waals surface area (Å²) in [6, 6.07) is 7.83. The maximum absolute atomic E-state index is 6.43. The van der Waals surface area contributed by atoms with Crippen LogP contribution in [0.4, 0.5) is 0 Å². The number of aromatic nitrogens is 4.